The number of fused-ring (bicyclic) bond motifs is 1. The molecule has 0 bridgehead atoms. The van der Waals surface area contributed by atoms with Crippen LogP contribution in [0.5, 0.6) is 0 Å². The van der Waals surface area contributed by atoms with Crippen molar-refractivity contribution in [1.29, 1.82) is 5.26 Å². The molecule has 0 N–H and O–H groups in total. The van der Waals surface area contributed by atoms with Gasteiger partial charge in [0.15, 0.2) is 0 Å². The summed E-state index contributed by atoms with van der Waals surface area (Å²) in [6.45, 7) is 1.77. The Labute approximate surface area is 140 Å². The molecular formula is C20H17FN2O. The Bertz CT molecular complexity index is 881. The van der Waals surface area contributed by atoms with E-state index in [0.717, 1.165) is 11.3 Å². The molecule has 1 atom stereocenters. The molecule has 1 aliphatic heterocycles. The van der Waals surface area contributed by atoms with Crippen LogP contribution in [0.1, 0.15) is 30.0 Å². The van der Waals surface area contributed by atoms with E-state index in [2.05, 4.69) is 0 Å². The summed E-state index contributed by atoms with van der Waals surface area (Å²) in [5.74, 6) is -0.542. The van der Waals surface area contributed by atoms with Gasteiger partial charge in [-0.25, -0.2) is 4.39 Å². The van der Waals surface area contributed by atoms with Gasteiger partial charge in [-0.2, -0.15) is 5.26 Å². The summed E-state index contributed by atoms with van der Waals surface area (Å²) in [7, 11) is 1.71. The molecule has 120 valence electrons. The van der Waals surface area contributed by atoms with Crippen molar-refractivity contribution in [3.8, 4) is 6.07 Å². The molecule has 0 radical (unpaired) electrons. The summed E-state index contributed by atoms with van der Waals surface area (Å²) in [5, 5.41) is 9.11. The fourth-order valence-corrected chi connectivity index (χ4v) is 3.28. The van der Waals surface area contributed by atoms with Crippen molar-refractivity contribution in [2.75, 3.05) is 11.9 Å². The number of hydrogen-bond acceptors (Lipinski definition) is 2. The van der Waals surface area contributed by atoms with Crippen molar-refractivity contribution < 1.29 is 9.18 Å². The average molecular weight is 320 g/mol. The van der Waals surface area contributed by atoms with Crippen molar-refractivity contribution in [1.82, 2.24) is 0 Å². The Morgan fingerprint density at radius 2 is 1.92 bits per heavy atom. The Hall–Kier alpha value is -2.93. The predicted molar refractivity (Wildman–Crippen MR) is 92.1 cm³/mol. The molecule has 3 nitrogen and oxygen atoms in total. The molecule has 3 rings (SSSR count). The summed E-state index contributed by atoms with van der Waals surface area (Å²) < 4.78 is 14.7. The van der Waals surface area contributed by atoms with Crippen LogP contribution >= 0.6 is 0 Å². The van der Waals surface area contributed by atoms with Gasteiger partial charge in [-0.15, -0.1) is 0 Å². The SMILES string of the molecule is CN1C(=O)[C@](C)(C/C(F)=C/c2ccccc2C#N)c2ccccc21. The Kier molecular flexibility index (Phi) is 3.94. The lowest BCUT2D eigenvalue weighted by atomic mass is 9.80. The quantitative estimate of drug-likeness (QED) is 0.851. The van der Waals surface area contributed by atoms with Gasteiger partial charge < -0.3 is 4.90 Å². The zero-order valence-electron chi connectivity index (χ0n) is 13.6. The number of allylic oxidation sites excluding steroid dienone is 1. The van der Waals surface area contributed by atoms with Crippen molar-refractivity contribution in [2.24, 2.45) is 0 Å². The number of nitriles is 1. The molecule has 0 unspecified atom stereocenters. The van der Waals surface area contributed by atoms with Crippen LogP contribution in [-0.4, -0.2) is 13.0 Å². The molecule has 0 spiro atoms. The Balaban J connectivity index is 1.97. The summed E-state index contributed by atoms with van der Waals surface area (Å²) >= 11 is 0. The van der Waals surface area contributed by atoms with Crippen molar-refractivity contribution in [3.05, 3.63) is 71.0 Å². The third-order valence-electron chi connectivity index (χ3n) is 4.55. The Morgan fingerprint density at radius 3 is 2.67 bits per heavy atom. The van der Waals surface area contributed by atoms with E-state index < -0.39 is 11.2 Å². The topological polar surface area (TPSA) is 44.1 Å². The summed E-state index contributed by atoms with van der Waals surface area (Å²) in [5.41, 5.74) is 1.64. The molecule has 0 aromatic heterocycles. The highest BCUT2D eigenvalue weighted by molar-refractivity contribution is 6.07. The van der Waals surface area contributed by atoms with Gasteiger partial charge in [0.05, 0.1) is 17.0 Å². The minimum atomic E-state index is -0.937. The van der Waals surface area contributed by atoms with E-state index in [4.69, 9.17) is 5.26 Å². The second-order valence-electron chi connectivity index (χ2n) is 6.18. The zero-order chi connectivity index (χ0) is 17.3. The molecule has 0 saturated heterocycles. The van der Waals surface area contributed by atoms with Crippen LogP contribution in [0.3, 0.4) is 0 Å². The molecular weight excluding hydrogens is 303 g/mol. The third kappa shape index (κ3) is 2.48. The van der Waals surface area contributed by atoms with Crippen LogP contribution in [0.2, 0.25) is 0 Å². The monoisotopic (exact) mass is 320 g/mol. The average Bonchev–Trinajstić information content (AvgIpc) is 2.77. The number of anilines is 1. The van der Waals surface area contributed by atoms with E-state index in [-0.39, 0.29) is 12.3 Å². The standard InChI is InChI=1S/C20H17FN2O/c1-20(17-9-5-6-10-18(17)23(2)19(20)24)12-16(21)11-14-7-3-4-8-15(14)13-22/h3-11H,12H2,1-2H3/b16-11-/t20-/m1/s1. The first-order valence-corrected chi connectivity index (χ1v) is 7.70. The van der Waals surface area contributed by atoms with Crippen LogP contribution < -0.4 is 4.90 Å². The maximum absolute atomic E-state index is 14.7. The lowest BCUT2D eigenvalue weighted by Crippen LogP contribution is -2.36. The number of hydrogen-bond donors (Lipinski definition) is 0. The van der Waals surface area contributed by atoms with Crippen molar-refractivity contribution in [3.63, 3.8) is 0 Å². The number of rotatable bonds is 3. The first-order valence-electron chi connectivity index (χ1n) is 7.70. The molecule has 1 amide bonds. The maximum Gasteiger partial charge on any atom is 0.237 e. The normalized spacial score (nSPS) is 20.0. The summed E-state index contributed by atoms with van der Waals surface area (Å²) in [6.07, 6.45) is 1.31. The van der Waals surface area contributed by atoms with E-state index >= 15 is 0 Å². The molecule has 24 heavy (non-hydrogen) atoms. The smallest absolute Gasteiger partial charge is 0.237 e. The van der Waals surface area contributed by atoms with Gasteiger partial charge in [0.2, 0.25) is 5.91 Å². The lowest BCUT2D eigenvalue weighted by Gasteiger charge is -2.22. The molecule has 0 aliphatic carbocycles. The van der Waals surface area contributed by atoms with Gasteiger partial charge in [-0.3, -0.25) is 4.79 Å². The largest absolute Gasteiger partial charge is 0.314 e. The molecule has 0 saturated carbocycles. The highest BCUT2D eigenvalue weighted by Gasteiger charge is 2.46. The fourth-order valence-electron chi connectivity index (χ4n) is 3.28. The van der Waals surface area contributed by atoms with Crippen LogP contribution in [-0.2, 0) is 10.2 Å². The molecule has 1 heterocycles. The van der Waals surface area contributed by atoms with Crippen LogP contribution in [0.25, 0.3) is 6.08 Å². The van der Waals surface area contributed by atoms with Crippen LogP contribution in [0.15, 0.2) is 54.4 Å². The van der Waals surface area contributed by atoms with Crippen LogP contribution in [0.4, 0.5) is 10.1 Å². The van der Waals surface area contributed by atoms with Gasteiger partial charge in [0.25, 0.3) is 0 Å². The first kappa shape index (κ1) is 15.9. The number of likely N-dealkylation sites (N-methyl/N-ethyl adjacent to an activating group) is 1. The predicted octanol–water partition coefficient (Wildman–Crippen LogP) is 4.19. The zero-order valence-corrected chi connectivity index (χ0v) is 13.6. The van der Waals surface area contributed by atoms with Crippen LogP contribution in [0, 0.1) is 11.3 Å². The van der Waals surface area contributed by atoms with E-state index in [1.165, 1.54) is 6.08 Å². The number of carbonyl (C=O) groups is 1. The minimum absolute atomic E-state index is 0.0348. The number of halogens is 1. The molecule has 4 heteroatoms. The number of nitrogens with zero attached hydrogens (tertiary/aromatic N) is 2. The minimum Gasteiger partial charge on any atom is -0.314 e. The Morgan fingerprint density at radius 1 is 1.25 bits per heavy atom. The van der Waals surface area contributed by atoms with Crippen molar-refractivity contribution in [2.45, 2.75) is 18.8 Å². The summed E-state index contributed by atoms with van der Waals surface area (Å²) in [6, 6.07) is 16.3. The van der Waals surface area contributed by atoms with Gasteiger partial charge in [-0.1, -0.05) is 36.4 Å². The highest BCUT2D eigenvalue weighted by Crippen LogP contribution is 2.44. The highest BCUT2D eigenvalue weighted by atomic mass is 19.1. The molecule has 2 aromatic carbocycles. The van der Waals surface area contributed by atoms with E-state index in [1.807, 2.05) is 30.3 Å². The first-order chi connectivity index (χ1) is 11.5. The number of para-hydroxylation sites is 1. The van der Waals surface area contributed by atoms with Gasteiger partial charge >= 0.3 is 0 Å². The second-order valence-corrected chi connectivity index (χ2v) is 6.18. The second kappa shape index (κ2) is 5.93. The van der Waals surface area contributed by atoms with Crippen molar-refractivity contribution >= 4 is 17.7 Å². The number of carbonyl (C=O) groups excluding carboxylic acids is 1. The number of amides is 1. The van der Waals surface area contributed by atoms with Gasteiger partial charge in [0.1, 0.15) is 5.83 Å². The maximum atomic E-state index is 14.7. The number of benzene rings is 2. The van der Waals surface area contributed by atoms with Gasteiger partial charge in [-0.05, 0) is 36.3 Å². The third-order valence-corrected chi connectivity index (χ3v) is 4.55. The van der Waals surface area contributed by atoms with E-state index in [9.17, 15) is 9.18 Å². The fraction of sp³-hybridized carbons (Fsp3) is 0.200. The summed E-state index contributed by atoms with van der Waals surface area (Å²) in [4.78, 5) is 14.2. The molecule has 1 aliphatic rings. The molecule has 0 fully saturated rings. The molecule has 2 aromatic rings. The van der Waals surface area contributed by atoms with E-state index in [0.29, 0.717) is 11.1 Å². The van der Waals surface area contributed by atoms with Gasteiger partial charge in [0, 0.05) is 19.2 Å². The lowest BCUT2D eigenvalue weighted by molar-refractivity contribution is -0.122. The van der Waals surface area contributed by atoms with E-state index in [1.54, 1.807) is 43.1 Å².